The summed E-state index contributed by atoms with van der Waals surface area (Å²) in [6.45, 7) is 2.01. The van der Waals surface area contributed by atoms with Crippen molar-refractivity contribution in [3.63, 3.8) is 0 Å². The van der Waals surface area contributed by atoms with Crippen LogP contribution in [0.4, 0.5) is 0 Å². The van der Waals surface area contributed by atoms with Crippen LogP contribution in [0.25, 0.3) is 0 Å². The van der Waals surface area contributed by atoms with E-state index in [0.717, 1.165) is 11.1 Å². The average Bonchev–Trinajstić information content (AvgIpc) is 2.05. The lowest BCUT2D eigenvalue weighted by Gasteiger charge is -2.10. The Hall–Kier alpha value is -1.33. The maximum atomic E-state index is 8.46. The molecule has 1 atom stereocenters. The molecule has 0 radical (unpaired) electrons. The van der Waals surface area contributed by atoms with Gasteiger partial charge in [-0.2, -0.15) is 5.26 Å². The smallest absolute Gasteiger partial charge is 0.0641 e. The molecule has 0 unspecified atom stereocenters. The predicted octanol–water partition coefficient (Wildman–Crippen LogP) is 1.91. The summed E-state index contributed by atoms with van der Waals surface area (Å²) in [6, 6.07) is 9.82. The van der Waals surface area contributed by atoms with Crippen LogP contribution in [0.3, 0.4) is 0 Å². The Kier molecular flexibility index (Phi) is 2.84. The Morgan fingerprint density at radius 1 is 1.50 bits per heavy atom. The van der Waals surface area contributed by atoms with E-state index in [1.165, 1.54) is 0 Å². The highest BCUT2D eigenvalue weighted by Gasteiger charge is 2.06. The standard InChI is InChI=1S/C10H12N2/c1-8-4-2-3-5-9(8)10(12)6-7-11/h2-5,10H,6,12H2,1H3/t10-/m1/s1. The van der Waals surface area contributed by atoms with Crippen LogP contribution in [0.2, 0.25) is 0 Å². The first-order chi connectivity index (χ1) is 5.75. The van der Waals surface area contributed by atoms with Crippen molar-refractivity contribution in [1.29, 1.82) is 5.26 Å². The lowest BCUT2D eigenvalue weighted by atomic mass is 10.0. The molecule has 0 heterocycles. The van der Waals surface area contributed by atoms with Gasteiger partial charge in [-0.1, -0.05) is 24.3 Å². The summed E-state index contributed by atoms with van der Waals surface area (Å²) in [4.78, 5) is 0. The van der Waals surface area contributed by atoms with Crippen LogP contribution in [0.15, 0.2) is 24.3 Å². The topological polar surface area (TPSA) is 49.8 Å². The van der Waals surface area contributed by atoms with Gasteiger partial charge in [-0.05, 0) is 18.1 Å². The van der Waals surface area contributed by atoms with Gasteiger partial charge in [-0.25, -0.2) is 0 Å². The molecule has 0 bridgehead atoms. The van der Waals surface area contributed by atoms with Crippen molar-refractivity contribution in [2.24, 2.45) is 5.73 Å². The van der Waals surface area contributed by atoms with Crippen molar-refractivity contribution in [3.8, 4) is 6.07 Å². The Morgan fingerprint density at radius 3 is 2.75 bits per heavy atom. The number of rotatable bonds is 2. The number of aryl methyl sites for hydroxylation is 1. The molecule has 0 aliphatic rings. The van der Waals surface area contributed by atoms with Gasteiger partial charge in [0.2, 0.25) is 0 Å². The van der Waals surface area contributed by atoms with E-state index in [0.29, 0.717) is 6.42 Å². The average molecular weight is 160 g/mol. The van der Waals surface area contributed by atoms with Crippen LogP contribution in [0.1, 0.15) is 23.6 Å². The van der Waals surface area contributed by atoms with Crippen LogP contribution in [0, 0.1) is 18.3 Å². The molecule has 0 saturated heterocycles. The summed E-state index contributed by atoms with van der Waals surface area (Å²) in [5.74, 6) is 0. The molecule has 0 aromatic heterocycles. The van der Waals surface area contributed by atoms with Crippen LogP contribution in [0.5, 0.6) is 0 Å². The molecule has 1 aromatic rings. The quantitative estimate of drug-likeness (QED) is 0.718. The zero-order valence-corrected chi connectivity index (χ0v) is 7.12. The highest BCUT2D eigenvalue weighted by molar-refractivity contribution is 5.28. The predicted molar refractivity (Wildman–Crippen MR) is 48.3 cm³/mol. The fraction of sp³-hybridized carbons (Fsp3) is 0.300. The van der Waals surface area contributed by atoms with Gasteiger partial charge in [0, 0.05) is 6.04 Å². The zero-order chi connectivity index (χ0) is 8.97. The molecule has 2 heteroatoms. The fourth-order valence-electron chi connectivity index (χ4n) is 1.21. The molecule has 0 aliphatic heterocycles. The van der Waals surface area contributed by atoms with Crippen molar-refractivity contribution >= 4 is 0 Å². The number of nitriles is 1. The molecule has 2 N–H and O–H groups in total. The molecule has 0 fully saturated rings. The van der Waals surface area contributed by atoms with E-state index in [-0.39, 0.29) is 6.04 Å². The molecule has 0 spiro atoms. The monoisotopic (exact) mass is 160 g/mol. The lowest BCUT2D eigenvalue weighted by Crippen LogP contribution is -2.10. The van der Waals surface area contributed by atoms with Gasteiger partial charge in [0.15, 0.2) is 0 Å². The first-order valence-electron chi connectivity index (χ1n) is 3.93. The van der Waals surface area contributed by atoms with Gasteiger partial charge in [0.25, 0.3) is 0 Å². The summed E-state index contributed by atoms with van der Waals surface area (Å²) in [5.41, 5.74) is 8.01. The minimum atomic E-state index is -0.142. The molecule has 2 nitrogen and oxygen atoms in total. The normalized spacial score (nSPS) is 12.1. The maximum absolute atomic E-state index is 8.46. The Labute approximate surface area is 72.6 Å². The van der Waals surface area contributed by atoms with Crippen LogP contribution < -0.4 is 5.73 Å². The molecule has 0 saturated carbocycles. The summed E-state index contributed by atoms with van der Waals surface area (Å²) >= 11 is 0. The minimum Gasteiger partial charge on any atom is -0.323 e. The maximum Gasteiger partial charge on any atom is 0.0641 e. The number of benzene rings is 1. The molecule has 0 amide bonds. The van der Waals surface area contributed by atoms with Gasteiger partial charge in [0.05, 0.1) is 12.5 Å². The van der Waals surface area contributed by atoms with Crippen molar-refractivity contribution in [2.75, 3.05) is 0 Å². The van der Waals surface area contributed by atoms with Gasteiger partial charge in [0.1, 0.15) is 0 Å². The molecular weight excluding hydrogens is 148 g/mol. The zero-order valence-electron chi connectivity index (χ0n) is 7.12. The largest absolute Gasteiger partial charge is 0.323 e. The van der Waals surface area contributed by atoms with Crippen LogP contribution >= 0.6 is 0 Å². The second kappa shape index (κ2) is 3.89. The third-order valence-electron chi connectivity index (χ3n) is 1.90. The SMILES string of the molecule is Cc1ccccc1[C@H](N)CC#N. The Balaban J connectivity index is 2.88. The van der Waals surface area contributed by atoms with Gasteiger partial charge < -0.3 is 5.73 Å². The number of nitrogens with two attached hydrogens (primary N) is 1. The summed E-state index contributed by atoms with van der Waals surface area (Å²) in [5, 5.41) is 8.46. The van der Waals surface area contributed by atoms with Crippen molar-refractivity contribution in [1.82, 2.24) is 0 Å². The number of nitrogens with zero attached hydrogens (tertiary/aromatic N) is 1. The molecule has 1 aromatic carbocycles. The van der Waals surface area contributed by atoms with Crippen molar-refractivity contribution < 1.29 is 0 Å². The van der Waals surface area contributed by atoms with Gasteiger partial charge in [-0.15, -0.1) is 0 Å². The van der Waals surface area contributed by atoms with Crippen LogP contribution in [-0.2, 0) is 0 Å². The Bertz CT molecular complexity index is 299. The van der Waals surface area contributed by atoms with E-state index in [9.17, 15) is 0 Å². The van der Waals surface area contributed by atoms with E-state index >= 15 is 0 Å². The number of hydrogen-bond donors (Lipinski definition) is 1. The van der Waals surface area contributed by atoms with E-state index in [1.54, 1.807) is 0 Å². The van der Waals surface area contributed by atoms with E-state index in [2.05, 4.69) is 6.07 Å². The second-order valence-corrected chi connectivity index (χ2v) is 2.83. The van der Waals surface area contributed by atoms with E-state index < -0.39 is 0 Å². The highest BCUT2D eigenvalue weighted by atomic mass is 14.6. The first kappa shape index (κ1) is 8.76. The van der Waals surface area contributed by atoms with Crippen molar-refractivity contribution in [3.05, 3.63) is 35.4 Å². The molecule has 0 aliphatic carbocycles. The van der Waals surface area contributed by atoms with Gasteiger partial charge >= 0.3 is 0 Å². The summed E-state index contributed by atoms with van der Waals surface area (Å²) in [6.07, 6.45) is 0.380. The van der Waals surface area contributed by atoms with E-state index in [1.807, 2.05) is 31.2 Å². The van der Waals surface area contributed by atoms with Crippen molar-refractivity contribution in [2.45, 2.75) is 19.4 Å². The van der Waals surface area contributed by atoms with Crippen LogP contribution in [-0.4, -0.2) is 0 Å². The molecule has 12 heavy (non-hydrogen) atoms. The molecule has 1 rings (SSSR count). The molecular formula is C10H12N2. The minimum absolute atomic E-state index is 0.142. The van der Waals surface area contributed by atoms with E-state index in [4.69, 9.17) is 11.0 Å². The molecule has 62 valence electrons. The Morgan fingerprint density at radius 2 is 2.17 bits per heavy atom. The first-order valence-corrected chi connectivity index (χ1v) is 3.93. The summed E-state index contributed by atoms with van der Waals surface area (Å²) < 4.78 is 0. The van der Waals surface area contributed by atoms with Gasteiger partial charge in [-0.3, -0.25) is 0 Å². The lowest BCUT2D eigenvalue weighted by molar-refractivity contribution is 0.742. The summed E-state index contributed by atoms with van der Waals surface area (Å²) in [7, 11) is 0. The second-order valence-electron chi connectivity index (χ2n) is 2.83. The number of hydrogen-bond acceptors (Lipinski definition) is 2. The third kappa shape index (κ3) is 1.84. The highest BCUT2D eigenvalue weighted by Crippen LogP contribution is 2.16. The fourth-order valence-corrected chi connectivity index (χ4v) is 1.21. The third-order valence-corrected chi connectivity index (χ3v) is 1.90.